The molecule has 0 bridgehead atoms. The van der Waals surface area contributed by atoms with Gasteiger partial charge in [0.25, 0.3) is 0 Å². The van der Waals surface area contributed by atoms with E-state index >= 15 is 0 Å². The van der Waals surface area contributed by atoms with Crippen molar-refractivity contribution in [3.05, 3.63) is 30.3 Å². The largest absolute Gasteiger partial charge is 0.244 e. The van der Waals surface area contributed by atoms with Crippen LogP contribution in [0.1, 0.15) is 13.8 Å². The molecule has 1 aromatic rings. The highest BCUT2D eigenvalue weighted by Crippen LogP contribution is 2.19. The van der Waals surface area contributed by atoms with Crippen molar-refractivity contribution in [1.82, 2.24) is 4.31 Å². The van der Waals surface area contributed by atoms with Gasteiger partial charge in [0, 0.05) is 7.05 Å². The molecule has 0 fully saturated rings. The van der Waals surface area contributed by atoms with Gasteiger partial charge in [-0.05, 0) is 18.1 Å². The number of nitrogens with zero attached hydrogens (tertiary/aromatic N) is 2. The fraction of sp³-hybridized carbons (Fsp3) is 0.417. The lowest BCUT2D eigenvalue weighted by molar-refractivity contribution is 0.353. The summed E-state index contributed by atoms with van der Waals surface area (Å²) in [6.07, 6.45) is 0. The van der Waals surface area contributed by atoms with Crippen molar-refractivity contribution in [2.45, 2.75) is 24.8 Å². The summed E-state index contributed by atoms with van der Waals surface area (Å²) in [6, 6.07) is 9.51. The van der Waals surface area contributed by atoms with E-state index in [2.05, 4.69) is 0 Å². The Labute approximate surface area is 103 Å². The molecule has 5 heteroatoms. The number of nitriles is 1. The molecule has 0 aromatic heterocycles. The van der Waals surface area contributed by atoms with Crippen LogP contribution >= 0.6 is 0 Å². The molecule has 92 valence electrons. The Morgan fingerprint density at radius 3 is 2.18 bits per heavy atom. The van der Waals surface area contributed by atoms with E-state index in [-0.39, 0.29) is 10.8 Å². The van der Waals surface area contributed by atoms with Crippen molar-refractivity contribution in [2.24, 2.45) is 5.92 Å². The van der Waals surface area contributed by atoms with Crippen LogP contribution in [0.5, 0.6) is 0 Å². The van der Waals surface area contributed by atoms with Crippen LogP contribution < -0.4 is 0 Å². The molecule has 1 unspecified atom stereocenters. The molecular weight excluding hydrogens is 236 g/mol. The third kappa shape index (κ3) is 2.84. The summed E-state index contributed by atoms with van der Waals surface area (Å²) in [7, 11) is -2.14. The van der Waals surface area contributed by atoms with Gasteiger partial charge in [-0.2, -0.15) is 9.57 Å². The van der Waals surface area contributed by atoms with E-state index in [9.17, 15) is 8.42 Å². The summed E-state index contributed by atoms with van der Waals surface area (Å²) >= 11 is 0. The molecule has 1 rings (SSSR count). The van der Waals surface area contributed by atoms with Gasteiger partial charge in [0.1, 0.15) is 6.04 Å². The average Bonchev–Trinajstić information content (AvgIpc) is 2.30. The predicted octanol–water partition coefficient (Wildman–Crippen LogP) is 1.86. The lowest BCUT2D eigenvalue weighted by atomic mass is 10.1. The molecule has 0 aliphatic rings. The molecule has 0 heterocycles. The molecule has 1 atom stereocenters. The predicted molar refractivity (Wildman–Crippen MR) is 65.6 cm³/mol. The first-order valence-corrected chi connectivity index (χ1v) is 6.78. The summed E-state index contributed by atoms with van der Waals surface area (Å²) < 4.78 is 25.6. The van der Waals surface area contributed by atoms with Crippen LogP contribution in [0.15, 0.2) is 35.2 Å². The van der Waals surface area contributed by atoms with E-state index in [0.29, 0.717) is 0 Å². The molecule has 0 saturated carbocycles. The van der Waals surface area contributed by atoms with E-state index in [4.69, 9.17) is 5.26 Å². The summed E-state index contributed by atoms with van der Waals surface area (Å²) in [5, 5.41) is 9.02. The molecule has 0 saturated heterocycles. The fourth-order valence-corrected chi connectivity index (χ4v) is 2.98. The monoisotopic (exact) mass is 252 g/mol. The topological polar surface area (TPSA) is 61.2 Å². The molecule has 17 heavy (non-hydrogen) atoms. The lowest BCUT2D eigenvalue weighted by Gasteiger charge is -2.24. The maximum atomic E-state index is 12.2. The van der Waals surface area contributed by atoms with Gasteiger partial charge >= 0.3 is 0 Å². The van der Waals surface area contributed by atoms with Crippen LogP contribution in [-0.4, -0.2) is 25.8 Å². The number of rotatable bonds is 4. The SMILES string of the molecule is CC(C)C(C#N)N(C)S(=O)(=O)c1ccccc1. The highest BCUT2D eigenvalue weighted by molar-refractivity contribution is 7.89. The van der Waals surface area contributed by atoms with E-state index in [1.807, 2.05) is 19.9 Å². The Kier molecular flexibility index (Phi) is 4.27. The van der Waals surface area contributed by atoms with Gasteiger partial charge in [-0.1, -0.05) is 32.0 Å². The van der Waals surface area contributed by atoms with E-state index in [1.165, 1.54) is 19.2 Å². The Balaban J connectivity index is 3.12. The standard InChI is InChI=1S/C12H16N2O2S/c1-10(2)12(9-13)14(3)17(15,16)11-7-5-4-6-8-11/h4-8,10,12H,1-3H3. The number of sulfonamides is 1. The normalized spacial score (nSPS) is 13.6. The van der Waals surface area contributed by atoms with Crippen LogP contribution in [-0.2, 0) is 10.0 Å². The zero-order chi connectivity index (χ0) is 13.1. The van der Waals surface area contributed by atoms with Crippen LogP contribution in [0.4, 0.5) is 0 Å². The Hall–Kier alpha value is -1.38. The molecule has 0 radical (unpaired) electrons. The summed E-state index contributed by atoms with van der Waals surface area (Å²) in [5.74, 6) is -0.0523. The molecule has 0 N–H and O–H groups in total. The third-order valence-corrected chi connectivity index (χ3v) is 4.43. The van der Waals surface area contributed by atoms with Crippen molar-refractivity contribution >= 4 is 10.0 Å². The second-order valence-electron chi connectivity index (χ2n) is 4.15. The van der Waals surface area contributed by atoms with Crippen molar-refractivity contribution in [3.8, 4) is 6.07 Å². The molecule has 0 aliphatic heterocycles. The van der Waals surface area contributed by atoms with Crippen LogP contribution in [0, 0.1) is 17.2 Å². The van der Waals surface area contributed by atoms with Crippen molar-refractivity contribution in [3.63, 3.8) is 0 Å². The number of benzene rings is 1. The quantitative estimate of drug-likeness (QED) is 0.821. The average molecular weight is 252 g/mol. The highest BCUT2D eigenvalue weighted by atomic mass is 32.2. The second-order valence-corrected chi connectivity index (χ2v) is 6.15. The lowest BCUT2D eigenvalue weighted by Crippen LogP contribution is -2.39. The number of hydrogen-bond acceptors (Lipinski definition) is 3. The molecule has 0 aliphatic carbocycles. The van der Waals surface area contributed by atoms with Gasteiger partial charge in [-0.15, -0.1) is 0 Å². The van der Waals surface area contributed by atoms with Crippen LogP contribution in [0.25, 0.3) is 0 Å². The minimum Gasteiger partial charge on any atom is -0.207 e. The zero-order valence-corrected chi connectivity index (χ0v) is 11.0. The minimum absolute atomic E-state index is 0.0523. The highest BCUT2D eigenvalue weighted by Gasteiger charge is 2.29. The fourth-order valence-electron chi connectivity index (χ4n) is 1.56. The van der Waals surface area contributed by atoms with Crippen molar-refractivity contribution in [2.75, 3.05) is 7.05 Å². The Morgan fingerprint density at radius 1 is 1.24 bits per heavy atom. The van der Waals surface area contributed by atoms with Gasteiger partial charge in [-0.3, -0.25) is 0 Å². The Morgan fingerprint density at radius 2 is 1.76 bits per heavy atom. The first-order chi connectivity index (χ1) is 7.91. The van der Waals surface area contributed by atoms with Crippen molar-refractivity contribution in [1.29, 1.82) is 5.26 Å². The number of hydrogen-bond donors (Lipinski definition) is 0. The van der Waals surface area contributed by atoms with Gasteiger partial charge in [0.15, 0.2) is 0 Å². The smallest absolute Gasteiger partial charge is 0.207 e. The summed E-state index contributed by atoms with van der Waals surface area (Å²) in [4.78, 5) is 0.211. The molecule has 0 amide bonds. The second kappa shape index (κ2) is 5.30. The summed E-state index contributed by atoms with van der Waals surface area (Å²) in [6.45, 7) is 3.65. The van der Waals surface area contributed by atoms with E-state index < -0.39 is 16.1 Å². The maximum absolute atomic E-state index is 12.2. The van der Waals surface area contributed by atoms with E-state index in [0.717, 1.165) is 4.31 Å². The molecule has 4 nitrogen and oxygen atoms in total. The molecular formula is C12H16N2O2S. The van der Waals surface area contributed by atoms with Gasteiger partial charge in [0.2, 0.25) is 10.0 Å². The maximum Gasteiger partial charge on any atom is 0.244 e. The first kappa shape index (κ1) is 13.7. The van der Waals surface area contributed by atoms with E-state index in [1.54, 1.807) is 18.2 Å². The molecule has 1 aromatic carbocycles. The van der Waals surface area contributed by atoms with Crippen molar-refractivity contribution < 1.29 is 8.42 Å². The first-order valence-electron chi connectivity index (χ1n) is 5.34. The zero-order valence-electron chi connectivity index (χ0n) is 10.2. The van der Waals surface area contributed by atoms with Gasteiger partial charge < -0.3 is 0 Å². The summed E-state index contributed by atoms with van der Waals surface area (Å²) in [5.41, 5.74) is 0. The minimum atomic E-state index is -3.58. The molecule has 0 spiro atoms. The third-order valence-electron chi connectivity index (χ3n) is 2.58. The van der Waals surface area contributed by atoms with Crippen LogP contribution in [0.2, 0.25) is 0 Å². The van der Waals surface area contributed by atoms with Gasteiger partial charge in [-0.25, -0.2) is 8.42 Å². The van der Waals surface area contributed by atoms with Crippen LogP contribution in [0.3, 0.4) is 0 Å². The Bertz CT molecular complexity index is 503. The van der Waals surface area contributed by atoms with Gasteiger partial charge in [0.05, 0.1) is 11.0 Å².